The molecule has 2 rings (SSSR count). The Morgan fingerprint density at radius 3 is 2.11 bits per heavy atom. The third-order valence-electron chi connectivity index (χ3n) is 2.74. The highest BCUT2D eigenvalue weighted by Crippen LogP contribution is 2.22. The maximum Gasteiger partial charge on any atom is 0.196 e. The number of carbonyl (C=O) groups excluding carboxylic acids is 1. The van der Waals surface area contributed by atoms with Gasteiger partial charge in [-0.25, -0.2) is 8.78 Å². The second-order valence-electron chi connectivity index (χ2n) is 4.45. The van der Waals surface area contributed by atoms with Gasteiger partial charge in [0.15, 0.2) is 5.78 Å². The highest BCUT2D eigenvalue weighted by molar-refractivity contribution is 9.10. The van der Waals surface area contributed by atoms with Crippen LogP contribution in [0.2, 0.25) is 0 Å². The zero-order valence-electron chi connectivity index (χ0n) is 10.4. The molecule has 0 saturated carbocycles. The molecule has 98 valence electrons. The highest BCUT2D eigenvalue weighted by Gasteiger charge is 2.17. The van der Waals surface area contributed by atoms with E-state index < -0.39 is 17.4 Å². The van der Waals surface area contributed by atoms with Crippen LogP contribution in [0.15, 0.2) is 34.8 Å². The quantitative estimate of drug-likeness (QED) is 0.584. The van der Waals surface area contributed by atoms with Gasteiger partial charge in [0.2, 0.25) is 0 Å². The van der Waals surface area contributed by atoms with Crippen LogP contribution in [0.4, 0.5) is 8.78 Å². The van der Waals surface area contributed by atoms with E-state index in [9.17, 15) is 13.6 Å². The number of benzene rings is 2. The van der Waals surface area contributed by atoms with Crippen LogP contribution in [0, 0.1) is 25.5 Å². The lowest BCUT2D eigenvalue weighted by Gasteiger charge is -2.06. The van der Waals surface area contributed by atoms with Gasteiger partial charge in [0.25, 0.3) is 0 Å². The number of hydrogen-bond donors (Lipinski definition) is 0. The Morgan fingerprint density at radius 2 is 1.53 bits per heavy atom. The minimum absolute atomic E-state index is 0.00183. The van der Waals surface area contributed by atoms with Crippen LogP contribution < -0.4 is 0 Å². The lowest BCUT2D eigenvalue weighted by molar-refractivity contribution is 0.103. The minimum Gasteiger partial charge on any atom is -0.288 e. The fraction of sp³-hybridized carbons (Fsp3) is 0.133. The lowest BCUT2D eigenvalue weighted by Crippen LogP contribution is -2.06. The van der Waals surface area contributed by atoms with Gasteiger partial charge in [0, 0.05) is 5.56 Å². The predicted molar refractivity (Wildman–Crippen MR) is 73.4 cm³/mol. The Hall–Kier alpha value is -1.55. The molecule has 0 bridgehead atoms. The highest BCUT2D eigenvalue weighted by atomic mass is 79.9. The Kier molecular flexibility index (Phi) is 3.80. The van der Waals surface area contributed by atoms with E-state index in [4.69, 9.17) is 0 Å². The van der Waals surface area contributed by atoms with Crippen molar-refractivity contribution in [2.24, 2.45) is 0 Å². The number of hydrogen-bond acceptors (Lipinski definition) is 1. The Morgan fingerprint density at radius 1 is 0.947 bits per heavy atom. The topological polar surface area (TPSA) is 17.1 Å². The molecular formula is C15H11BrF2O. The molecule has 2 aromatic rings. The summed E-state index contributed by atoms with van der Waals surface area (Å²) in [6.07, 6.45) is 0. The molecule has 0 fully saturated rings. The molecule has 4 heteroatoms. The lowest BCUT2D eigenvalue weighted by atomic mass is 9.99. The van der Waals surface area contributed by atoms with Crippen molar-refractivity contribution in [1.82, 2.24) is 0 Å². The standard InChI is InChI=1S/C15H11BrF2O/c1-8-3-9(2)5-10(4-8)15(19)11-6-14(18)12(16)7-13(11)17/h3-7H,1-2H3. The normalized spacial score (nSPS) is 10.6. The molecule has 0 unspecified atom stereocenters. The minimum atomic E-state index is -0.738. The molecule has 19 heavy (non-hydrogen) atoms. The van der Waals surface area contributed by atoms with Gasteiger partial charge < -0.3 is 0 Å². The van der Waals surface area contributed by atoms with E-state index in [1.807, 2.05) is 19.9 Å². The summed E-state index contributed by atoms with van der Waals surface area (Å²) in [7, 11) is 0. The smallest absolute Gasteiger partial charge is 0.196 e. The second kappa shape index (κ2) is 5.21. The van der Waals surface area contributed by atoms with E-state index in [0.717, 1.165) is 23.3 Å². The molecule has 0 atom stereocenters. The molecule has 2 aromatic carbocycles. The first kappa shape index (κ1) is 13.9. The van der Waals surface area contributed by atoms with Crippen molar-refractivity contribution in [2.75, 3.05) is 0 Å². The fourth-order valence-electron chi connectivity index (χ4n) is 1.96. The average Bonchev–Trinajstić information content (AvgIpc) is 2.31. The van der Waals surface area contributed by atoms with Crippen LogP contribution >= 0.6 is 15.9 Å². The van der Waals surface area contributed by atoms with Crippen molar-refractivity contribution in [3.8, 4) is 0 Å². The van der Waals surface area contributed by atoms with Crippen molar-refractivity contribution in [2.45, 2.75) is 13.8 Å². The molecule has 0 radical (unpaired) electrons. The van der Waals surface area contributed by atoms with Crippen LogP contribution in [-0.4, -0.2) is 5.78 Å². The summed E-state index contributed by atoms with van der Waals surface area (Å²) in [6, 6.07) is 7.11. The summed E-state index contributed by atoms with van der Waals surface area (Å²) in [6.45, 7) is 3.70. The van der Waals surface area contributed by atoms with Crippen molar-refractivity contribution < 1.29 is 13.6 Å². The fourth-order valence-corrected chi connectivity index (χ4v) is 2.27. The largest absolute Gasteiger partial charge is 0.288 e. The van der Waals surface area contributed by atoms with Crippen molar-refractivity contribution >= 4 is 21.7 Å². The number of carbonyl (C=O) groups is 1. The molecule has 0 aliphatic carbocycles. The maximum absolute atomic E-state index is 13.8. The summed E-state index contributed by atoms with van der Waals surface area (Å²) in [5.74, 6) is -1.91. The third-order valence-corrected chi connectivity index (χ3v) is 3.35. The summed E-state index contributed by atoms with van der Waals surface area (Å²) < 4.78 is 27.2. The van der Waals surface area contributed by atoms with Gasteiger partial charge in [-0.2, -0.15) is 0 Å². The first-order valence-corrected chi connectivity index (χ1v) is 6.45. The first-order chi connectivity index (χ1) is 8.88. The van der Waals surface area contributed by atoms with Gasteiger partial charge >= 0.3 is 0 Å². The van der Waals surface area contributed by atoms with E-state index in [-0.39, 0.29) is 10.0 Å². The summed E-state index contributed by atoms with van der Waals surface area (Å²) >= 11 is 2.88. The molecule has 0 N–H and O–H groups in total. The Bertz CT molecular complexity index is 645. The van der Waals surface area contributed by atoms with E-state index in [2.05, 4.69) is 15.9 Å². The van der Waals surface area contributed by atoms with Gasteiger partial charge in [-0.3, -0.25) is 4.79 Å². The van der Waals surface area contributed by atoms with E-state index in [1.54, 1.807) is 12.1 Å². The average molecular weight is 325 g/mol. The monoisotopic (exact) mass is 324 g/mol. The zero-order chi connectivity index (χ0) is 14.2. The van der Waals surface area contributed by atoms with Crippen LogP contribution in [0.5, 0.6) is 0 Å². The van der Waals surface area contributed by atoms with Crippen molar-refractivity contribution in [3.63, 3.8) is 0 Å². The predicted octanol–water partition coefficient (Wildman–Crippen LogP) is 4.58. The van der Waals surface area contributed by atoms with E-state index >= 15 is 0 Å². The molecule has 0 amide bonds. The molecule has 0 aliphatic heterocycles. The number of aryl methyl sites for hydroxylation is 2. The molecule has 0 spiro atoms. The van der Waals surface area contributed by atoms with Crippen LogP contribution in [0.1, 0.15) is 27.0 Å². The Labute approximate surface area is 118 Å². The van der Waals surface area contributed by atoms with Gasteiger partial charge in [-0.05, 0) is 54.0 Å². The van der Waals surface area contributed by atoms with Crippen LogP contribution in [-0.2, 0) is 0 Å². The first-order valence-electron chi connectivity index (χ1n) is 5.66. The number of halogens is 3. The van der Waals surface area contributed by atoms with Gasteiger partial charge in [-0.1, -0.05) is 17.2 Å². The van der Waals surface area contributed by atoms with E-state index in [1.165, 1.54) is 0 Å². The molecule has 0 aromatic heterocycles. The second-order valence-corrected chi connectivity index (χ2v) is 5.31. The van der Waals surface area contributed by atoms with Crippen molar-refractivity contribution in [3.05, 3.63) is 68.7 Å². The van der Waals surface area contributed by atoms with Crippen LogP contribution in [0.25, 0.3) is 0 Å². The summed E-state index contributed by atoms with van der Waals surface area (Å²) in [4.78, 5) is 12.2. The number of rotatable bonds is 2. The molecular weight excluding hydrogens is 314 g/mol. The molecule has 0 aliphatic rings. The van der Waals surface area contributed by atoms with Gasteiger partial charge in [0.1, 0.15) is 11.6 Å². The van der Waals surface area contributed by atoms with E-state index in [0.29, 0.717) is 5.56 Å². The Balaban J connectivity index is 2.53. The van der Waals surface area contributed by atoms with Gasteiger partial charge in [-0.15, -0.1) is 0 Å². The summed E-state index contributed by atoms with van der Waals surface area (Å²) in [5, 5.41) is 0. The molecule has 1 nitrogen and oxygen atoms in total. The van der Waals surface area contributed by atoms with Gasteiger partial charge in [0.05, 0.1) is 10.0 Å². The molecule has 0 saturated heterocycles. The van der Waals surface area contributed by atoms with Crippen molar-refractivity contribution in [1.29, 1.82) is 0 Å². The third kappa shape index (κ3) is 2.89. The SMILES string of the molecule is Cc1cc(C)cc(C(=O)c2cc(F)c(Br)cc2F)c1. The van der Waals surface area contributed by atoms with Crippen LogP contribution in [0.3, 0.4) is 0 Å². The number of ketones is 1. The zero-order valence-corrected chi connectivity index (χ0v) is 12.0. The summed E-state index contributed by atoms with van der Waals surface area (Å²) in [5.41, 5.74) is 1.91. The maximum atomic E-state index is 13.8. The molecule has 0 heterocycles.